The van der Waals surface area contributed by atoms with Gasteiger partial charge in [0.05, 0.1) is 31.8 Å². The molecule has 0 aliphatic carbocycles. The summed E-state index contributed by atoms with van der Waals surface area (Å²) >= 11 is 0. The monoisotopic (exact) mass is 278 g/mol. The highest BCUT2D eigenvalue weighted by atomic mass is 35.5. The molecule has 0 radical (unpaired) electrons. The normalized spacial score (nSPS) is 28.6. The minimum Gasteiger partial charge on any atom is -0.375 e. The lowest BCUT2D eigenvalue weighted by atomic mass is 10.1. The van der Waals surface area contributed by atoms with Gasteiger partial charge in [0.1, 0.15) is 0 Å². The molecule has 6 heteroatoms. The number of carbonyl (C=O) groups excluding carboxylic acids is 1. The number of halogens is 1. The molecule has 2 fully saturated rings. The van der Waals surface area contributed by atoms with E-state index in [1.54, 1.807) is 0 Å². The molecule has 0 aromatic heterocycles. The Hall–Kier alpha value is -0.360. The molecule has 0 spiro atoms. The number of hydrogen-bond acceptors (Lipinski definition) is 4. The van der Waals surface area contributed by atoms with Gasteiger partial charge >= 0.3 is 0 Å². The van der Waals surface area contributed by atoms with Crippen LogP contribution >= 0.6 is 12.4 Å². The fraction of sp³-hybridized carbons (Fsp3) is 0.917. The Morgan fingerprint density at radius 3 is 2.78 bits per heavy atom. The number of ether oxygens (including phenoxy) is 2. The van der Waals surface area contributed by atoms with Gasteiger partial charge in [-0.2, -0.15) is 0 Å². The van der Waals surface area contributed by atoms with Gasteiger partial charge in [0.2, 0.25) is 5.91 Å². The van der Waals surface area contributed by atoms with Gasteiger partial charge in [-0.1, -0.05) is 6.92 Å². The molecule has 5 nitrogen and oxygen atoms in total. The standard InChI is InChI=1S/C12H22N2O3.ClH/c1-2-10-9-14(4-6-17-10)12(15)7-11-8-13-3-5-16-11;/h10-11,13H,2-9H2,1H3;1H. The van der Waals surface area contributed by atoms with Gasteiger partial charge in [-0.3, -0.25) is 4.79 Å². The van der Waals surface area contributed by atoms with Crippen molar-refractivity contribution < 1.29 is 14.3 Å². The maximum Gasteiger partial charge on any atom is 0.225 e. The van der Waals surface area contributed by atoms with Crippen molar-refractivity contribution in [1.82, 2.24) is 10.2 Å². The van der Waals surface area contributed by atoms with Gasteiger partial charge in [0.15, 0.2) is 0 Å². The molecular formula is C12H23ClN2O3. The van der Waals surface area contributed by atoms with Crippen molar-refractivity contribution in [2.75, 3.05) is 39.4 Å². The minimum absolute atomic E-state index is 0. The first-order valence-corrected chi connectivity index (χ1v) is 6.51. The third kappa shape index (κ3) is 4.39. The lowest BCUT2D eigenvalue weighted by Gasteiger charge is -2.34. The van der Waals surface area contributed by atoms with Gasteiger partial charge in [-0.15, -0.1) is 12.4 Å². The summed E-state index contributed by atoms with van der Waals surface area (Å²) in [5.74, 6) is 0.195. The Bertz CT molecular complexity index is 260. The zero-order valence-electron chi connectivity index (χ0n) is 10.9. The quantitative estimate of drug-likeness (QED) is 0.813. The third-order valence-corrected chi connectivity index (χ3v) is 3.35. The first-order valence-electron chi connectivity index (χ1n) is 6.51. The van der Waals surface area contributed by atoms with Gasteiger partial charge in [0.25, 0.3) is 0 Å². The van der Waals surface area contributed by atoms with E-state index < -0.39 is 0 Å². The van der Waals surface area contributed by atoms with Gasteiger partial charge in [0, 0.05) is 26.2 Å². The first kappa shape index (κ1) is 15.7. The summed E-state index contributed by atoms with van der Waals surface area (Å²) in [7, 11) is 0. The SMILES string of the molecule is CCC1CN(C(=O)CC2CNCCO2)CCO1.Cl. The molecule has 2 atom stereocenters. The molecule has 1 N–H and O–H groups in total. The predicted octanol–water partition coefficient (Wildman–Crippen LogP) is 0.424. The highest BCUT2D eigenvalue weighted by Crippen LogP contribution is 2.11. The van der Waals surface area contributed by atoms with Crippen LogP contribution in [0.2, 0.25) is 0 Å². The van der Waals surface area contributed by atoms with E-state index in [1.807, 2.05) is 4.90 Å². The van der Waals surface area contributed by atoms with E-state index >= 15 is 0 Å². The van der Waals surface area contributed by atoms with E-state index in [9.17, 15) is 4.79 Å². The van der Waals surface area contributed by atoms with Gasteiger partial charge in [-0.05, 0) is 6.42 Å². The van der Waals surface area contributed by atoms with Crippen molar-refractivity contribution in [1.29, 1.82) is 0 Å². The van der Waals surface area contributed by atoms with Crippen molar-refractivity contribution in [3.8, 4) is 0 Å². The van der Waals surface area contributed by atoms with Crippen LogP contribution < -0.4 is 5.32 Å². The lowest BCUT2D eigenvalue weighted by molar-refractivity contribution is -0.142. The van der Waals surface area contributed by atoms with Crippen molar-refractivity contribution in [2.24, 2.45) is 0 Å². The lowest BCUT2D eigenvalue weighted by Crippen LogP contribution is -2.48. The van der Waals surface area contributed by atoms with Crippen molar-refractivity contribution in [3.05, 3.63) is 0 Å². The predicted molar refractivity (Wildman–Crippen MR) is 71.1 cm³/mol. The Balaban J connectivity index is 0.00000162. The number of carbonyl (C=O) groups is 1. The van der Waals surface area contributed by atoms with E-state index in [2.05, 4.69) is 12.2 Å². The van der Waals surface area contributed by atoms with Crippen molar-refractivity contribution in [3.63, 3.8) is 0 Å². The summed E-state index contributed by atoms with van der Waals surface area (Å²) in [4.78, 5) is 14.0. The van der Waals surface area contributed by atoms with E-state index in [-0.39, 0.29) is 30.5 Å². The van der Waals surface area contributed by atoms with E-state index in [0.717, 1.165) is 32.6 Å². The zero-order chi connectivity index (χ0) is 12.1. The Morgan fingerprint density at radius 1 is 1.33 bits per heavy atom. The second kappa shape index (κ2) is 7.94. The van der Waals surface area contributed by atoms with Crippen LogP contribution in [-0.2, 0) is 14.3 Å². The highest BCUT2D eigenvalue weighted by Gasteiger charge is 2.26. The molecule has 2 saturated heterocycles. The summed E-state index contributed by atoms with van der Waals surface area (Å²) in [6.07, 6.45) is 1.70. The maximum absolute atomic E-state index is 12.1. The number of nitrogens with zero attached hydrogens (tertiary/aromatic N) is 1. The topological polar surface area (TPSA) is 50.8 Å². The van der Waals surface area contributed by atoms with Crippen LogP contribution in [0.4, 0.5) is 0 Å². The molecule has 18 heavy (non-hydrogen) atoms. The zero-order valence-corrected chi connectivity index (χ0v) is 11.7. The second-order valence-electron chi connectivity index (χ2n) is 4.64. The maximum atomic E-state index is 12.1. The van der Waals surface area contributed by atoms with Crippen molar-refractivity contribution >= 4 is 18.3 Å². The highest BCUT2D eigenvalue weighted by molar-refractivity contribution is 5.85. The fourth-order valence-electron chi connectivity index (χ4n) is 2.27. The number of nitrogens with one attached hydrogen (secondary N) is 1. The molecular weight excluding hydrogens is 256 g/mol. The summed E-state index contributed by atoms with van der Waals surface area (Å²) in [6.45, 7) is 6.58. The number of rotatable bonds is 3. The van der Waals surface area contributed by atoms with E-state index in [0.29, 0.717) is 19.6 Å². The van der Waals surface area contributed by atoms with Gasteiger partial charge in [-0.25, -0.2) is 0 Å². The molecule has 0 bridgehead atoms. The van der Waals surface area contributed by atoms with Crippen LogP contribution in [-0.4, -0.2) is 62.4 Å². The van der Waals surface area contributed by atoms with Crippen LogP contribution in [0.25, 0.3) is 0 Å². The van der Waals surface area contributed by atoms with Crippen LogP contribution in [0.3, 0.4) is 0 Å². The van der Waals surface area contributed by atoms with Crippen LogP contribution in [0.1, 0.15) is 19.8 Å². The number of morpholine rings is 2. The number of amides is 1. The van der Waals surface area contributed by atoms with Crippen molar-refractivity contribution in [2.45, 2.75) is 32.0 Å². The molecule has 106 valence electrons. The largest absolute Gasteiger partial charge is 0.375 e. The molecule has 2 aliphatic rings. The molecule has 0 aromatic rings. The molecule has 2 heterocycles. The fourth-order valence-corrected chi connectivity index (χ4v) is 2.27. The molecule has 1 amide bonds. The summed E-state index contributed by atoms with van der Waals surface area (Å²) in [5.41, 5.74) is 0. The molecule has 2 aliphatic heterocycles. The van der Waals surface area contributed by atoms with Crippen LogP contribution in [0.15, 0.2) is 0 Å². The third-order valence-electron chi connectivity index (χ3n) is 3.35. The Kier molecular flexibility index (Phi) is 6.92. The minimum atomic E-state index is 0. The number of hydrogen-bond donors (Lipinski definition) is 1. The van der Waals surface area contributed by atoms with E-state index in [4.69, 9.17) is 9.47 Å². The van der Waals surface area contributed by atoms with E-state index in [1.165, 1.54) is 0 Å². The average Bonchev–Trinajstić information content (AvgIpc) is 2.40. The summed E-state index contributed by atoms with van der Waals surface area (Å²) < 4.78 is 11.1. The average molecular weight is 279 g/mol. The summed E-state index contributed by atoms with van der Waals surface area (Å²) in [6, 6.07) is 0. The van der Waals surface area contributed by atoms with Gasteiger partial charge < -0.3 is 19.7 Å². The Morgan fingerprint density at radius 2 is 2.11 bits per heavy atom. The van der Waals surface area contributed by atoms with Crippen LogP contribution in [0, 0.1) is 0 Å². The molecule has 0 aromatic carbocycles. The molecule has 2 unspecified atom stereocenters. The summed E-state index contributed by atoms with van der Waals surface area (Å²) in [5, 5.41) is 3.24. The Labute approximate surface area is 115 Å². The smallest absolute Gasteiger partial charge is 0.225 e. The second-order valence-corrected chi connectivity index (χ2v) is 4.64. The molecule has 0 saturated carbocycles. The first-order chi connectivity index (χ1) is 8.29. The molecule has 2 rings (SSSR count). The van der Waals surface area contributed by atoms with Crippen LogP contribution in [0.5, 0.6) is 0 Å².